The number of aryl methyl sites for hydroxylation is 2. The van der Waals surface area contributed by atoms with Crippen LogP contribution in [0.5, 0.6) is 0 Å². The number of amides is 2. The largest absolute Gasteiger partial charge is 0.323 e. The highest BCUT2D eigenvalue weighted by Crippen LogP contribution is 2.24. The number of benzene rings is 2. The Morgan fingerprint density at radius 2 is 1.86 bits per heavy atom. The van der Waals surface area contributed by atoms with Crippen LogP contribution in [0.25, 0.3) is 0 Å². The van der Waals surface area contributed by atoms with E-state index >= 15 is 0 Å². The lowest BCUT2D eigenvalue weighted by atomic mass is 10.2. The van der Waals surface area contributed by atoms with Crippen LogP contribution in [-0.4, -0.2) is 6.03 Å². The Morgan fingerprint density at radius 1 is 1.14 bits per heavy atom. The molecule has 0 aromatic heterocycles. The fourth-order valence-corrected chi connectivity index (χ4v) is 2.37. The number of halogens is 3. The minimum atomic E-state index is -0.459. The molecule has 3 nitrogen and oxygen atoms in total. The van der Waals surface area contributed by atoms with Crippen LogP contribution in [0.1, 0.15) is 11.1 Å². The molecule has 0 saturated carbocycles. The van der Waals surface area contributed by atoms with Crippen molar-refractivity contribution in [3.05, 3.63) is 56.8 Å². The van der Waals surface area contributed by atoms with Crippen molar-refractivity contribution in [1.29, 1.82) is 0 Å². The van der Waals surface area contributed by atoms with Gasteiger partial charge in [0.15, 0.2) is 0 Å². The minimum absolute atomic E-state index is 0.358. The number of hydrogen-bond acceptors (Lipinski definition) is 1. The molecule has 2 aromatic carbocycles. The van der Waals surface area contributed by atoms with Gasteiger partial charge in [-0.1, -0.05) is 17.7 Å². The van der Waals surface area contributed by atoms with Crippen LogP contribution in [0.2, 0.25) is 5.02 Å². The standard InChI is InChI=1S/C15H13BrClFN2O/c1-8-3-4-10(6-12(8)17)19-15(21)20-14-7-13(18)11(16)5-9(14)2/h3-7H,1-2H3,(H2,19,20,21). The summed E-state index contributed by atoms with van der Waals surface area (Å²) in [7, 11) is 0. The SMILES string of the molecule is Cc1ccc(NC(=O)Nc2cc(F)c(Br)cc2C)cc1Cl. The van der Waals surface area contributed by atoms with E-state index in [0.717, 1.165) is 11.1 Å². The molecule has 2 amide bonds. The molecule has 0 atom stereocenters. The average Bonchev–Trinajstić information content (AvgIpc) is 2.40. The zero-order chi connectivity index (χ0) is 15.6. The van der Waals surface area contributed by atoms with E-state index in [0.29, 0.717) is 20.9 Å². The summed E-state index contributed by atoms with van der Waals surface area (Å²) in [5, 5.41) is 5.83. The normalized spacial score (nSPS) is 10.3. The maximum Gasteiger partial charge on any atom is 0.323 e. The van der Waals surface area contributed by atoms with Crippen molar-refractivity contribution in [1.82, 2.24) is 0 Å². The van der Waals surface area contributed by atoms with Gasteiger partial charge in [-0.25, -0.2) is 9.18 Å². The molecule has 2 aromatic rings. The molecule has 21 heavy (non-hydrogen) atoms. The van der Waals surface area contributed by atoms with E-state index < -0.39 is 11.8 Å². The third-order valence-electron chi connectivity index (χ3n) is 2.95. The topological polar surface area (TPSA) is 41.1 Å². The summed E-state index contributed by atoms with van der Waals surface area (Å²) in [5.74, 6) is -0.436. The fourth-order valence-electron chi connectivity index (χ4n) is 1.74. The van der Waals surface area contributed by atoms with Gasteiger partial charge in [0.2, 0.25) is 0 Å². The number of carbonyl (C=O) groups excluding carboxylic acids is 1. The second-order valence-electron chi connectivity index (χ2n) is 4.62. The Balaban J connectivity index is 2.11. The maximum absolute atomic E-state index is 13.5. The first-order valence-electron chi connectivity index (χ1n) is 6.16. The Hall–Kier alpha value is -1.59. The zero-order valence-electron chi connectivity index (χ0n) is 11.4. The van der Waals surface area contributed by atoms with Crippen molar-refractivity contribution in [2.24, 2.45) is 0 Å². The van der Waals surface area contributed by atoms with Crippen molar-refractivity contribution < 1.29 is 9.18 Å². The predicted molar refractivity (Wildman–Crippen MR) is 87.7 cm³/mol. The molecule has 2 rings (SSSR count). The first-order valence-corrected chi connectivity index (χ1v) is 7.33. The van der Waals surface area contributed by atoms with E-state index in [2.05, 4.69) is 26.6 Å². The highest BCUT2D eigenvalue weighted by Gasteiger charge is 2.09. The lowest BCUT2D eigenvalue weighted by Crippen LogP contribution is -2.20. The third-order valence-corrected chi connectivity index (χ3v) is 3.96. The van der Waals surface area contributed by atoms with Crippen LogP contribution in [0.4, 0.5) is 20.6 Å². The second-order valence-corrected chi connectivity index (χ2v) is 5.89. The monoisotopic (exact) mass is 370 g/mol. The highest BCUT2D eigenvalue weighted by molar-refractivity contribution is 9.10. The van der Waals surface area contributed by atoms with E-state index in [4.69, 9.17) is 11.6 Å². The number of carbonyl (C=O) groups is 1. The molecule has 0 unspecified atom stereocenters. The number of nitrogens with one attached hydrogen (secondary N) is 2. The molecule has 0 aliphatic rings. The predicted octanol–water partition coefficient (Wildman–Crippen LogP) is 5.50. The molecular weight excluding hydrogens is 359 g/mol. The van der Waals surface area contributed by atoms with Crippen LogP contribution in [0.15, 0.2) is 34.8 Å². The second kappa shape index (κ2) is 6.45. The molecule has 0 saturated heterocycles. The molecule has 2 N–H and O–H groups in total. The Labute approximate surface area is 135 Å². The van der Waals surface area contributed by atoms with Crippen molar-refractivity contribution in [2.75, 3.05) is 10.6 Å². The van der Waals surface area contributed by atoms with E-state index in [1.807, 2.05) is 13.0 Å². The molecular formula is C15H13BrClFN2O. The van der Waals surface area contributed by atoms with Gasteiger partial charge in [-0.15, -0.1) is 0 Å². The molecule has 0 radical (unpaired) electrons. The molecule has 0 aliphatic heterocycles. The third kappa shape index (κ3) is 3.95. The minimum Gasteiger partial charge on any atom is -0.308 e. The number of rotatable bonds is 2. The Bertz CT molecular complexity index is 706. The van der Waals surface area contributed by atoms with E-state index in [1.54, 1.807) is 25.1 Å². The fraction of sp³-hybridized carbons (Fsp3) is 0.133. The first kappa shape index (κ1) is 15.8. The van der Waals surface area contributed by atoms with Crippen molar-refractivity contribution in [2.45, 2.75) is 13.8 Å². The summed E-state index contributed by atoms with van der Waals surface area (Å²) in [5.41, 5.74) is 2.65. The zero-order valence-corrected chi connectivity index (χ0v) is 13.8. The van der Waals surface area contributed by atoms with Crippen molar-refractivity contribution in [3.63, 3.8) is 0 Å². The summed E-state index contributed by atoms with van der Waals surface area (Å²) >= 11 is 9.09. The summed E-state index contributed by atoms with van der Waals surface area (Å²) in [6.07, 6.45) is 0. The van der Waals surface area contributed by atoms with Crippen LogP contribution in [-0.2, 0) is 0 Å². The van der Waals surface area contributed by atoms with Crippen molar-refractivity contribution >= 4 is 44.9 Å². The Morgan fingerprint density at radius 3 is 2.52 bits per heavy atom. The highest BCUT2D eigenvalue weighted by atomic mass is 79.9. The van der Waals surface area contributed by atoms with Gasteiger partial charge in [0.25, 0.3) is 0 Å². The van der Waals surface area contributed by atoms with E-state index in [1.165, 1.54) is 6.07 Å². The van der Waals surface area contributed by atoms with E-state index in [-0.39, 0.29) is 0 Å². The van der Waals surface area contributed by atoms with Gasteiger partial charge >= 0.3 is 6.03 Å². The summed E-state index contributed by atoms with van der Waals surface area (Å²) in [6.45, 7) is 3.66. The Kier molecular flexibility index (Phi) is 4.85. The van der Waals surface area contributed by atoms with Gasteiger partial charge in [-0.2, -0.15) is 0 Å². The smallest absolute Gasteiger partial charge is 0.308 e. The van der Waals surface area contributed by atoms with Gasteiger partial charge in [0, 0.05) is 16.4 Å². The lowest BCUT2D eigenvalue weighted by molar-refractivity contribution is 0.262. The van der Waals surface area contributed by atoms with Gasteiger partial charge in [-0.05, 0) is 65.2 Å². The average molecular weight is 372 g/mol. The van der Waals surface area contributed by atoms with Gasteiger partial charge in [0.05, 0.1) is 4.47 Å². The molecule has 0 aliphatic carbocycles. The molecule has 0 bridgehead atoms. The van der Waals surface area contributed by atoms with Gasteiger partial charge in [0.1, 0.15) is 5.82 Å². The quantitative estimate of drug-likeness (QED) is 0.719. The molecule has 0 spiro atoms. The van der Waals surface area contributed by atoms with Crippen LogP contribution >= 0.6 is 27.5 Å². The summed E-state index contributed by atoms with van der Waals surface area (Å²) in [6, 6.07) is 7.62. The van der Waals surface area contributed by atoms with Gasteiger partial charge in [-0.3, -0.25) is 0 Å². The first-order chi connectivity index (χ1) is 9.86. The van der Waals surface area contributed by atoms with Crippen LogP contribution in [0, 0.1) is 19.7 Å². The summed E-state index contributed by atoms with van der Waals surface area (Å²) < 4.78 is 13.9. The van der Waals surface area contributed by atoms with Crippen LogP contribution in [0.3, 0.4) is 0 Å². The lowest BCUT2D eigenvalue weighted by Gasteiger charge is -2.11. The van der Waals surface area contributed by atoms with Crippen molar-refractivity contribution in [3.8, 4) is 0 Å². The number of anilines is 2. The summed E-state index contributed by atoms with van der Waals surface area (Å²) in [4.78, 5) is 11.9. The molecule has 6 heteroatoms. The van der Waals surface area contributed by atoms with Gasteiger partial charge < -0.3 is 10.6 Å². The number of hydrogen-bond donors (Lipinski definition) is 2. The van der Waals surface area contributed by atoms with E-state index in [9.17, 15) is 9.18 Å². The molecule has 0 fully saturated rings. The molecule has 0 heterocycles. The maximum atomic E-state index is 13.5. The molecule has 110 valence electrons. The number of urea groups is 1. The van der Waals surface area contributed by atoms with Crippen LogP contribution < -0.4 is 10.6 Å².